The molecule has 0 bridgehead atoms. The van der Waals surface area contributed by atoms with Crippen LogP contribution in [-0.2, 0) is 16.1 Å². The van der Waals surface area contributed by atoms with Crippen LogP contribution in [0.4, 0.5) is 0 Å². The predicted octanol–water partition coefficient (Wildman–Crippen LogP) is 1.07. The molecule has 1 aromatic carbocycles. The van der Waals surface area contributed by atoms with Crippen LogP contribution in [0.3, 0.4) is 0 Å². The van der Waals surface area contributed by atoms with Crippen molar-refractivity contribution in [2.24, 2.45) is 11.7 Å². The maximum atomic E-state index is 11.5. The highest BCUT2D eigenvalue weighted by Crippen LogP contribution is 2.07. The Labute approximate surface area is 101 Å². The van der Waals surface area contributed by atoms with Gasteiger partial charge >= 0.3 is 5.97 Å². The molecule has 4 nitrogen and oxygen atoms in total. The third-order valence-corrected chi connectivity index (χ3v) is 2.60. The number of carbonyl (C=O) groups excluding carboxylic acids is 1. The van der Waals surface area contributed by atoms with E-state index in [1.165, 1.54) is 0 Å². The number of aliphatic hydroxyl groups is 1. The SMILES string of the molecule is CC(C)[C@H](N)C(O)C(=O)OCc1ccccc1. The van der Waals surface area contributed by atoms with Crippen molar-refractivity contribution in [1.29, 1.82) is 0 Å². The summed E-state index contributed by atoms with van der Waals surface area (Å²) in [6.07, 6.45) is -1.27. The number of carbonyl (C=O) groups is 1. The quantitative estimate of drug-likeness (QED) is 0.751. The first kappa shape index (κ1) is 13.7. The third kappa shape index (κ3) is 4.17. The van der Waals surface area contributed by atoms with Gasteiger partial charge in [-0.3, -0.25) is 0 Å². The third-order valence-electron chi connectivity index (χ3n) is 2.60. The molecule has 0 saturated carbocycles. The summed E-state index contributed by atoms with van der Waals surface area (Å²) < 4.78 is 4.99. The van der Waals surface area contributed by atoms with E-state index in [0.29, 0.717) is 0 Å². The molecular weight excluding hydrogens is 218 g/mol. The van der Waals surface area contributed by atoms with Crippen molar-refractivity contribution in [1.82, 2.24) is 0 Å². The maximum absolute atomic E-state index is 11.5. The molecule has 1 unspecified atom stereocenters. The fourth-order valence-electron chi connectivity index (χ4n) is 1.34. The lowest BCUT2D eigenvalue weighted by atomic mass is 10.00. The first-order valence-corrected chi connectivity index (χ1v) is 5.66. The average Bonchev–Trinajstić information content (AvgIpc) is 2.35. The number of hydrogen-bond acceptors (Lipinski definition) is 4. The van der Waals surface area contributed by atoms with Crippen molar-refractivity contribution in [3.05, 3.63) is 35.9 Å². The minimum Gasteiger partial charge on any atom is -0.459 e. The lowest BCUT2D eigenvalue weighted by Gasteiger charge is -2.20. The number of benzene rings is 1. The van der Waals surface area contributed by atoms with Gasteiger partial charge in [0.1, 0.15) is 6.61 Å². The molecule has 0 aliphatic carbocycles. The van der Waals surface area contributed by atoms with Gasteiger partial charge in [0.25, 0.3) is 0 Å². The van der Waals surface area contributed by atoms with E-state index in [0.717, 1.165) is 5.56 Å². The minimum absolute atomic E-state index is 0.0225. The van der Waals surface area contributed by atoms with Gasteiger partial charge in [-0.1, -0.05) is 44.2 Å². The van der Waals surface area contributed by atoms with E-state index in [-0.39, 0.29) is 12.5 Å². The lowest BCUT2D eigenvalue weighted by Crippen LogP contribution is -2.44. The molecule has 94 valence electrons. The highest BCUT2D eigenvalue weighted by molar-refractivity contribution is 5.75. The van der Waals surface area contributed by atoms with Crippen molar-refractivity contribution in [2.45, 2.75) is 32.6 Å². The van der Waals surface area contributed by atoms with Crippen LogP contribution in [-0.4, -0.2) is 23.2 Å². The van der Waals surface area contributed by atoms with E-state index in [1.807, 2.05) is 44.2 Å². The molecule has 0 spiro atoms. The second-order valence-electron chi connectivity index (χ2n) is 4.36. The van der Waals surface area contributed by atoms with Crippen LogP contribution in [0.25, 0.3) is 0 Å². The fraction of sp³-hybridized carbons (Fsp3) is 0.462. The van der Waals surface area contributed by atoms with Gasteiger partial charge in [-0.15, -0.1) is 0 Å². The van der Waals surface area contributed by atoms with Crippen molar-refractivity contribution < 1.29 is 14.6 Å². The van der Waals surface area contributed by atoms with E-state index >= 15 is 0 Å². The lowest BCUT2D eigenvalue weighted by molar-refractivity contribution is -0.156. The summed E-state index contributed by atoms with van der Waals surface area (Å²) in [5, 5.41) is 9.64. The van der Waals surface area contributed by atoms with Gasteiger partial charge < -0.3 is 15.6 Å². The van der Waals surface area contributed by atoms with Gasteiger partial charge in [-0.2, -0.15) is 0 Å². The molecule has 0 heterocycles. The molecule has 0 amide bonds. The van der Waals surface area contributed by atoms with Gasteiger partial charge in [-0.05, 0) is 11.5 Å². The summed E-state index contributed by atoms with van der Waals surface area (Å²) in [7, 11) is 0. The zero-order valence-electron chi connectivity index (χ0n) is 10.2. The van der Waals surface area contributed by atoms with Gasteiger partial charge in [0, 0.05) is 6.04 Å². The fourth-order valence-corrected chi connectivity index (χ4v) is 1.34. The molecule has 17 heavy (non-hydrogen) atoms. The van der Waals surface area contributed by atoms with Crippen molar-refractivity contribution in [2.75, 3.05) is 0 Å². The van der Waals surface area contributed by atoms with Gasteiger partial charge in [0.05, 0.1) is 0 Å². The molecule has 3 N–H and O–H groups in total. The van der Waals surface area contributed by atoms with E-state index in [4.69, 9.17) is 10.5 Å². The second-order valence-corrected chi connectivity index (χ2v) is 4.36. The van der Waals surface area contributed by atoms with Crippen LogP contribution in [0.1, 0.15) is 19.4 Å². The summed E-state index contributed by atoms with van der Waals surface area (Å²) in [6.45, 7) is 3.85. The number of aliphatic hydroxyl groups excluding tert-OH is 1. The van der Waals surface area contributed by atoms with E-state index in [1.54, 1.807) is 0 Å². The van der Waals surface area contributed by atoms with Crippen LogP contribution in [0, 0.1) is 5.92 Å². The molecule has 0 radical (unpaired) electrons. The zero-order chi connectivity index (χ0) is 12.8. The number of esters is 1. The summed E-state index contributed by atoms with van der Waals surface area (Å²) >= 11 is 0. The molecule has 1 rings (SSSR count). The maximum Gasteiger partial charge on any atom is 0.336 e. The molecule has 0 aliphatic heterocycles. The smallest absolute Gasteiger partial charge is 0.336 e. The van der Waals surface area contributed by atoms with Gasteiger partial charge in [-0.25, -0.2) is 4.79 Å². The Hall–Kier alpha value is -1.39. The largest absolute Gasteiger partial charge is 0.459 e. The number of rotatable bonds is 5. The highest BCUT2D eigenvalue weighted by Gasteiger charge is 2.26. The van der Waals surface area contributed by atoms with Crippen molar-refractivity contribution in [3.63, 3.8) is 0 Å². The standard InChI is InChI=1S/C13H19NO3/c1-9(2)11(14)12(15)13(16)17-8-10-6-4-3-5-7-10/h3-7,9,11-12,15H,8,14H2,1-2H3/t11-,12?/m0/s1. The van der Waals surface area contributed by atoms with Gasteiger partial charge in [0.15, 0.2) is 6.10 Å². The molecule has 0 fully saturated rings. The Kier molecular flexibility index (Phi) is 5.12. The second kappa shape index (κ2) is 6.37. The Balaban J connectivity index is 2.45. The molecule has 2 atom stereocenters. The van der Waals surface area contributed by atoms with Crippen molar-refractivity contribution >= 4 is 5.97 Å². The van der Waals surface area contributed by atoms with E-state index in [9.17, 15) is 9.90 Å². The van der Waals surface area contributed by atoms with Gasteiger partial charge in [0.2, 0.25) is 0 Å². The summed E-state index contributed by atoms with van der Waals surface area (Å²) in [6, 6.07) is 8.70. The van der Waals surface area contributed by atoms with Crippen LogP contribution in [0.15, 0.2) is 30.3 Å². The monoisotopic (exact) mass is 237 g/mol. The Morgan fingerprint density at radius 1 is 1.35 bits per heavy atom. The predicted molar refractivity (Wildman–Crippen MR) is 65.1 cm³/mol. The van der Waals surface area contributed by atoms with Crippen LogP contribution < -0.4 is 5.73 Å². The summed E-state index contributed by atoms with van der Waals surface area (Å²) in [4.78, 5) is 11.5. The molecule has 1 aromatic rings. The average molecular weight is 237 g/mol. The molecule has 4 heteroatoms. The molecule has 0 saturated heterocycles. The van der Waals surface area contributed by atoms with Crippen LogP contribution in [0.5, 0.6) is 0 Å². The Bertz CT molecular complexity index is 351. The first-order chi connectivity index (χ1) is 8.02. The highest BCUT2D eigenvalue weighted by atomic mass is 16.5. The summed E-state index contributed by atoms with van der Waals surface area (Å²) in [5.41, 5.74) is 6.56. The summed E-state index contributed by atoms with van der Waals surface area (Å²) in [5.74, 6) is -0.649. The number of nitrogens with two attached hydrogens (primary N) is 1. The molecular formula is C13H19NO3. The molecule has 0 aromatic heterocycles. The number of ether oxygens (including phenoxy) is 1. The normalized spacial score (nSPS) is 14.4. The minimum atomic E-state index is -1.27. The first-order valence-electron chi connectivity index (χ1n) is 5.66. The van der Waals surface area contributed by atoms with Crippen LogP contribution in [0.2, 0.25) is 0 Å². The van der Waals surface area contributed by atoms with E-state index < -0.39 is 18.1 Å². The van der Waals surface area contributed by atoms with E-state index in [2.05, 4.69) is 0 Å². The molecule has 0 aliphatic rings. The topological polar surface area (TPSA) is 72.5 Å². The van der Waals surface area contributed by atoms with Crippen molar-refractivity contribution in [3.8, 4) is 0 Å². The zero-order valence-corrected chi connectivity index (χ0v) is 10.2. The number of hydrogen-bond donors (Lipinski definition) is 2. The Morgan fingerprint density at radius 3 is 2.47 bits per heavy atom. The Morgan fingerprint density at radius 2 is 1.94 bits per heavy atom. The van der Waals surface area contributed by atoms with Crippen LogP contribution >= 0.6 is 0 Å².